The maximum atomic E-state index is 6.46. The molecule has 0 fully saturated rings. The summed E-state index contributed by atoms with van der Waals surface area (Å²) in [6.45, 7) is 0. The molecular weight excluding hydrogens is 451 g/mol. The Balaban J connectivity index is 1.47. The highest BCUT2D eigenvalue weighted by Gasteiger charge is 2.24. The van der Waals surface area contributed by atoms with E-state index in [4.69, 9.17) is 16.8 Å². The summed E-state index contributed by atoms with van der Waals surface area (Å²) in [6, 6.07) is 40.0. The van der Waals surface area contributed by atoms with Crippen LogP contribution in [0.25, 0.3) is 33.1 Å². The molecule has 0 aliphatic rings. The summed E-state index contributed by atoms with van der Waals surface area (Å²) < 4.78 is 0. The second kappa shape index (κ2) is 8.61. The summed E-state index contributed by atoms with van der Waals surface area (Å²) >= 11 is 6.46. The number of hydrogen-bond donors (Lipinski definition) is 0. The van der Waals surface area contributed by atoms with Crippen LogP contribution in [0.5, 0.6) is 0 Å². The van der Waals surface area contributed by atoms with E-state index in [9.17, 15) is 0 Å². The Morgan fingerprint density at radius 2 is 1.06 bits per heavy atom. The topological polar surface area (TPSA) is 25.8 Å². The normalized spacial score (nSPS) is 11.6. The monoisotopic (exact) mass is 472 g/mol. The lowest BCUT2D eigenvalue weighted by molar-refractivity contribution is 1.37. The molecule has 0 atom stereocenters. The summed E-state index contributed by atoms with van der Waals surface area (Å²) in [5.41, 5.74) is 3.87. The van der Waals surface area contributed by atoms with Gasteiger partial charge < -0.3 is 0 Å². The third-order valence-corrected chi connectivity index (χ3v) is 11.2. The van der Waals surface area contributed by atoms with Crippen molar-refractivity contribution in [2.24, 2.45) is 0 Å². The van der Waals surface area contributed by atoms with Gasteiger partial charge in [0.25, 0.3) is 0 Å². The van der Waals surface area contributed by atoms with Crippen molar-refractivity contribution >= 4 is 55.6 Å². The minimum Gasteiger partial charge on any atom is -0.254 e. The van der Waals surface area contributed by atoms with Gasteiger partial charge in [-0.1, -0.05) is 121 Å². The van der Waals surface area contributed by atoms with Crippen molar-refractivity contribution in [3.63, 3.8) is 0 Å². The molecule has 2 heterocycles. The van der Waals surface area contributed by atoms with Crippen LogP contribution in [0.2, 0.25) is 0 Å². The number of hydrogen-bond acceptors (Lipinski definition) is 3. The molecule has 0 unspecified atom stereocenters. The van der Waals surface area contributed by atoms with Gasteiger partial charge in [0.2, 0.25) is 0 Å². The zero-order chi connectivity index (χ0) is 23.0. The van der Waals surface area contributed by atoms with Crippen LogP contribution < -0.4 is 15.9 Å². The highest BCUT2D eigenvalue weighted by atomic mass is 32.4. The minimum absolute atomic E-state index is 0.929. The van der Waals surface area contributed by atoms with E-state index in [0.717, 1.165) is 33.1 Å². The quantitative estimate of drug-likeness (QED) is 0.226. The standard InChI is InChI=1S/C30H21N2PS/c34-33(25-9-3-1-4-10-25,26-11-5-2-6-12-26)27-18-15-22(16-19-27)28-20-17-24-14-13-23-8-7-21-31-29(23)30(24)32-28/h1-21H. The summed E-state index contributed by atoms with van der Waals surface area (Å²) in [6.07, 6.45) is 1.82. The van der Waals surface area contributed by atoms with E-state index in [1.165, 1.54) is 15.9 Å². The van der Waals surface area contributed by atoms with Crippen LogP contribution in [-0.2, 0) is 11.8 Å². The predicted molar refractivity (Wildman–Crippen MR) is 149 cm³/mol. The largest absolute Gasteiger partial charge is 0.254 e. The lowest BCUT2D eigenvalue weighted by atomic mass is 10.1. The lowest BCUT2D eigenvalue weighted by Crippen LogP contribution is -2.24. The third kappa shape index (κ3) is 3.54. The average molecular weight is 473 g/mol. The maximum absolute atomic E-state index is 6.46. The fourth-order valence-electron chi connectivity index (χ4n) is 4.45. The second-order valence-electron chi connectivity index (χ2n) is 8.24. The first-order chi connectivity index (χ1) is 16.7. The van der Waals surface area contributed by atoms with Crippen molar-refractivity contribution < 1.29 is 0 Å². The molecule has 6 rings (SSSR count). The SMILES string of the molecule is S=P(c1ccccc1)(c1ccccc1)c1ccc(-c2ccc3ccc4cccnc4c3n2)cc1. The van der Waals surface area contributed by atoms with Crippen molar-refractivity contribution in [1.82, 2.24) is 9.97 Å². The third-order valence-electron chi connectivity index (χ3n) is 6.20. The molecule has 0 bridgehead atoms. The van der Waals surface area contributed by atoms with E-state index in [1.807, 2.05) is 24.4 Å². The highest BCUT2D eigenvalue weighted by molar-refractivity contribution is 8.25. The molecule has 162 valence electrons. The van der Waals surface area contributed by atoms with Gasteiger partial charge in [-0.05, 0) is 28.0 Å². The molecule has 2 nitrogen and oxygen atoms in total. The number of fused-ring (bicyclic) bond motifs is 3. The Labute approximate surface area is 204 Å². The van der Waals surface area contributed by atoms with Gasteiger partial charge in [-0.2, -0.15) is 0 Å². The fraction of sp³-hybridized carbons (Fsp3) is 0. The van der Waals surface area contributed by atoms with Crippen molar-refractivity contribution in [2.75, 3.05) is 0 Å². The van der Waals surface area contributed by atoms with Crippen LogP contribution in [0.15, 0.2) is 128 Å². The molecule has 0 saturated carbocycles. The van der Waals surface area contributed by atoms with Crippen LogP contribution in [-0.4, -0.2) is 9.97 Å². The predicted octanol–water partition coefficient (Wildman–Crippen LogP) is 6.21. The van der Waals surface area contributed by atoms with Gasteiger partial charge in [-0.15, -0.1) is 0 Å². The van der Waals surface area contributed by atoms with Crippen LogP contribution in [0, 0.1) is 0 Å². The van der Waals surface area contributed by atoms with Gasteiger partial charge >= 0.3 is 0 Å². The number of benzene rings is 4. The Morgan fingerprint density at radius 1 is 0.500 bits per heavy atom. The van der Waals surface area contributed by atoms with Crippen LogP contribution >= 0.6 is 6.04 Å². The van der Waals surface area contributed by atoms with Crippen molar-refractivity contribution in [3.05, 3.63) is 128 Å². The zero-order valence-electron chi connectivity index (χ0n) is 18.4. The summed E-state index contributed by atoms with van der Waals surface area (Å²) in [7, 11) is 0. The van der Waals surface area contributed by atoms with E-state index in [0.29, 0.717) is 0 Å². The Kier molecular flexibility index (Phi) is 5.30. The maximum Gasteiger partial charge on any atom is 0.0972 e. The second-order valence-corrected chi connectivity index (χ2v) is 12.6. The summed E-state index contributed by atoms with van der Waals surface area (Å²) in [5, 5.41) is 5.77. The smallest absolute Gasteiger partial charge is 0.0972 e. The minimum atomic E-state index is -2.16. The van der Waals surface area contributed by atoms with Gasteiger partial charge in [0.05, 0.1) is 16.7 Å². The van der Waals surface area contributed by atoms with Crippen molar-refractivity contribution in [3.8, 4) is 11.3 Å². The first-order valence-corrected chi connectivity index (χ1v) is 14.0. The molecule has 0 aliphatic heterocycles. The summed E-state index contributed by atoms with van der Waals surface area (Å²) in [4.78, 5) is 9.59. The number of rotatable bonds is 4. The molecule has 6 aromatic rings. The fourth-order valence-corrected chi connectivity index (χ4v) is 8.19. The average Bonchev–Trinajstić information content (AvgIpc) is 2.93. The van der Waals surface area contributed by atoms with E-state index in [-0.39, 0.29) is 0 Å². The van der Waals surface area contributed by atoms with Gasteiger partial charge in [-0.3, -0.25) is 4.98 Å². The molecule has 0 spiro atoms. The number of nitrogens with zero attached hydrogens (tertiary/aromatic N) is 2. The molecule has 0 saturated heterocycles. The van der Waals surface area contributed by atoms with Crippen LogP contribution in [0.3, 0.4) is 0 Å². The lowest BCUT2D eigenvalue weighted by Gasteiger charge is -2.24. The molecule has 34 heavy (non-hydrogen) atoms. The van der Waals surface area contributed by atoms with Gasteiger partial charge in [0.15, 0.2) is 0 Å². The Bertz CT molecular complexity index is 1620. The molecule has 4 heteroatoms. The molecule has 0 amide bonds. The molecule has 0 radical (unpaired) electrons. The number of aromatic nitrogens is 2. The van der Waals surface area contributed by atoms with E-state index in [2.05, 4.69) is 108 Å². The van der Waals surface area contributed by atoms with Crippen LogP contribution in [0.1, 0.15) is 0 Å². The Hall–Kier alpha value is -3.65. The van der Waals surface area contributed by atoms with Gasteiger partial charge in [0.1, 0.15) is 0 Å². The van der Waals surface area contributed by atoms with E-state index < -0.39 is 6.04 Å². The van der Waals surface area contributed by atoms with Crippen molar-refractivity contribution in [2.45, 2.75) is 0 Å². The van der Waals surface area contributed by atoms with E-state index in [1.54, 1.807) is 0 Å². The molecule has 0 N–H and O–H groups in total. The molecule has 0 aliphatic carbocycles. The molecule has 2 aromatic heterocycles. The Morgan fingerprint density at radius 3 is 1.71 bits per heavy atom. The van der Waals surface area contributed by atoms with E-state index >= 15 is 0 Å². The zero-order valence-corrected chi connectivity index (χ0v) is 20.1. The summed E-state index contributed by atoms with van der Waals surface area (Å²) in [5.74, 6) is 0. The first kappa shape index (κ1) is 20.9. The van der Waals surface area contributed by atoms with Crippen LogP contribution in [0.4, 0.5) is 0 Å². The van der Waals surface area contributed by atoms with Gasteiger partial charge in [0, 0.05) is 28.6 Å². The first-order valence-electron chi connectivity index (χ1n) is 11.2. The highest BCUT2D eigenvalue weighted by Crippen LogP contribution is 2.43. The molecule has 4 aromatic carbocycles. The molecular formula is C30H21N2PS. The van der Waals surface area contributed by atoms with Gasteiger partial charge in [-0.25, -0.2) is 4.98 Å². The number of pyridine rings is 2. The van der Waals surface area contributed by atoms with Crippen molar-refractivity contribution in [1.29, 1.82) is 0 Å².